The summed E-state index contributed by atoms with van der Waals surface area (Å²) in [6.07, 6.45) is 1.27. The zero-order chi connectivity index (χ0) is 21.8. The van der Waals surface area contributed by atoms with E-state index in [0.29, 0.717) is 17.7 Å². The largest absolute Gasteiger partial charge is 0.366 e. The highest BCUT2D eigenvalue weighted by Gasteiger charge is 2.22. The fourth-order valence-corrected chi connectivity index (χ4v) is 4.59. The Morgan fingerprint density at radius 1 is 1.06 bits per heavy atom. The second-order valence-electron chi connectivity index (χ2n) is 8.10. The second kappa shape index (κ2) is 9.35. The highest BCUT2D eigenvalue weighted by Crippen LogP contribution is 2.30. The number of hydrogen-bond acceptors (Lipinski definition) is 4. The van der Waals surface area contributed by atoms with Crippen LogP contribution in [0.1, 0.15) is 40.2 Å². The molecule has 1 aliphatic heterocycles. The standard InChI is InChI=1S/C25H27N3O2S/c1-17(2)26-25(30)22-14-20(27-24(29)15-21-8-5-13-31-21)9-10-23(22)28-12-11-18-6-3-4-7-19(18)16-28/h3-10,13-14,17H,11-12,15-16H2,1-2H3,(H,26,30)(H,27,29). The van der Waals surface area contributed by atoms with Crippen LogP contribution in [-0.4, -0.2) is 24.4 Å². The summed E-state index contributed by atoms with van der Waals surface area (Å²) in [5.41, 5.74) is 4.77. The van der Waals surface area contributed by atoms with Crippen molar-refractivity contribution in [2.45, 2.75) is 39.3 Å². The number of hydrogen-bond donors (Lipinski definition) is 2. The van der Waals surface area contributed by atoms with E-state index in [9.17, 15) is 9.59 Å². The highest BCUT2D eigenvalue weighted by molar-refractivity contribution is 7.10. The molecule has 2 N–H and O–H groups in total. The number of benzene rings is 2. The molecule has 1 aromatic heterocycles. The molecule has 0 saturated heterocycles. The summed E-state index contributed by atoms with van der Waals surface area (Å²) in [5.74, 6) is -0.212. The van der Waals surface area contributed by atoms with E-state index < -0.39 is 0 Å². The topological polar surface area (TPSA) is 61.4 Å². The van der Waals surface area contributed by atoms with Gasteiger partial charge in [0.1, 0.15) is 0 Å². The van der Waals surface area contributed by atoms with Crippen molar-refractivity contribution in [3.8, 4) is 0 Å². The number of carbonyl (C=O) groups excluding carboxylic acids is 2. The van der Waals surface area contributed by atoms with Crippen LogP contribution in [-0.2, 0) is 24.2 Å². The van der Waals surface area contributed by atoms with E-state index >= 15 is 0 Å². The molecule has 2 aromatic carbocycles. The van der Waals surface area contributed by atoms with Crippen molar-refractivity contribution < 1.29 is 9.59 Å². The van der Waals surface area contributed by atoms with Gasteiger partial charge in [0.25, 0.3) is 5.91 Å². The van der Waals surface area contributed by atoms with Crippen LogP contribution in [0.3, 0.4) is 0 Å². The first-order valence-electron chi connectivity index (χ1n) is 10.6. The lowest BCUT2D eigenvalue weighted by Gasteiger charge is -2.32. The Hall–Kier alpha value is -3.12. The van der Waals surface area contributed by atoms with Gasteiger partial charge >= 0.3 is 0 Å². The van der Waals surface area contributed by atoms with Crippen LogP contribution in [0.5, 0.6) is 0 Å². The van der Waals surface area contributed by atoms with Gasteiger partial charge < -0.3 is 15.5 Å². The lowest BCUT2D eigenvalue weighted by Crippen LogP contribution is -2.35. The highest BCUT2D eigenvalue weighted by atomic mass is 32.1. The predicted molar refractivity (Wildman–Crippen MR) is 127 cm³/mol. The molecule has 0 bridgehead atoms. The average molecular weight is 434 g/mol. The van der Waals surface area contributed by atoms with E-state index in [4.69, 9.17) is 0 Å². The lowest BCUT2D eigenvalue weighted by atomic mass is 9.98. The molecular weight excluding hydrogens is 406 g/mol. The zero-order valence-corrected chi connectivity index (χ0v) is 18.7. The minimum absolute atomic E-state index is 0.0273. The van der Waals surface area contributed by atoms with E-state index in [1.54, 1.807) is 17.4 Å². The average Bonchev–Trinajstić information content (AvgIpc) is 3.25. The molecule has 160 valence electrons. The minimum Gasteiger partial charge on any atom is -0.366 e. The molecule has 5 nitrogen and oxygen atoms in total. The minimum atomic E-state index is -0.127. The van der Waals surface area contributed by atoms with Crippen LogP contribution >= 0.6 is 11.3 Å². The smallest absolute Gasteiger partial charge is 0.253 e. The van der Waals surface area contributed by atoms with Crippen LogP contribution < -0.4 is 15.5 Å². The first kappa shape index (κ1) is 21.1. The van der Waals surface area contributed by atoms with Gasteiger partial charge in [-0.1, -0.05) is 30.3 Å². The van der Waals surface area contributed by atoms with Gasteiger partial charge in [0.05, 0.1) is 12.0 Å². The molecule has 31 heavy (non-hydrogen) atoms. The molecule has 0 atom stereocenters. The third-order valence-corrected chi connectivity index (χ3v) is 6.21. The van der Waals surface area contributed by atoms with E-state index in [1.807, 2.05) is 43.5 Å². The fourth-order valence-electron chi connectivity index (χ4n) is 3.89. The fraction of sp³-hybridized carbons (Fsp3) is 0.280. The van der Waals surface area contributed by atoms with Crippen molar-refractivity contribution >= 4 is 34.5 Å². The number of amides is 2. The molecule has 0 radical (unpaired) electrons. The van der Waals surface area contributed by atoms with Crippen LogP contribution in [0.15, 0.2) is 60.0 Å². The molecule has 6 heteroatoms. The Kier molecular flexibility index (Phi) is 6.37. The molecule has 0 spiro atoms. The third-order valence-electron chi connectivity index (χ3n) is 5.33. The van der Waals surface area contributed by atoms with E-state index in [1.165, 1.54) is 11.1 Å². The summed E-state index contributed by atoms with van der Waals surface area (Å²) >= 11 is 1.56. The molecule has 4 rings (SSSR count). The number of rotatable bonds is 6. The molecule has 0 fully saturated rings. The molecule has 0 aliphatic carbocycles. The van der Waals surface area contributed by atoms with Gasteiger partial charge in [-0.05, 0) is 61.0 Å². The van der Waals surface area contributed by atoms with Crippen LogP contribution in [0.4, 0.5) is 11.4 Å². The number of thiophene rings is 1. The number of nitrogens with one attached hydrogen (secondary N) is 2. The zero-order valence-electron chi connectivity index (χ0n) is 17.9. The van der Waals surface area contributed by atoms with Gasteiger partial charge in [0.2, 0.25) is 5.91 Å². The molecule has 2 heterocycles. The van der Waals surface area contributed by atoms with Gasteiger partial charge in [-0.3, -0.25) is 9.59 Å². The van der Waals surface area contributed by atoms with Gasteiger partial charge in [-0.2, -0.15) is 0 Å². The Labute approximate surface area is 187 Å². The maximum absolute atomic E-state index is 13.0. The third kappa shape index (κ3) is 5.14. The number of anilines is 2. The Bertz CT molecular complexity index is 1080. The van der Waals surface area contributed by atoms with Crippen LogP contribution in [0.25, 0.3) is 0 Å². The maximum Gasteiger partial charge on any atom is 0.253 e. The molecule has 3 aromatic rings. The Morgan fingerprint density at radius 2 is 1.87 bits per heavy atom. The summed E-state index contributed by atoms with van der Waals surface area (Å²) in [6.45, 7) is 5.51. The van der Waals surface area contributed by atoms with Crippen LogP contribution in [0, 0.1) is 0 Å². The lowest BCUT2D eigenvalue weighted by molar-refractivity contribution is -0.115. The van der Waals surface area contributed by atoms with Crippen molar-refractivity contribution in [1.82, 2.24) is 5.32 Å². The quantitative estimate of drug-likeness (QED) is 0.596. The van der Waals surface area contributed by atoms with Crippen molar-refractivity contribution in [2.75, 3.05) is 16.8 Å². The molecule has 0 unspecified atom stereocenters. The van der Waals surface area contributed by atoms with Crippen molar-refractivity contribution in [3.05, 3.63) is 81.5 Å². The van der Waals surface area contributed by atoms with Crippen molar-refractivity contribution in [3.63, 3.8) is 0 Å². The SMILES string of the molecule is CC(C)NC(=O)c1cc(NC(=O)Cc2cccs2)ccc1N1CCc2ccccc2C1. The first-order valence-corrected chi connectivity index (χ1v) is 11.5. The summed E-state index contributed by atoms with van der Waals surface area (Å²) in [7, 11) is 0. The summed E-state index contributed by atoms with van der Waals surface area (Å²) in [5, 5.41) is 7.90. The Morgan fingerprint density at radius 3 is 2.61 bits per heavy atom. The first-order chi connectivity index (χ1) is 15.0. The molecule has 1 aliphatic rings. The normalized spacial score (nSPS) is 13.1. The van der Waals surface area contributed by atoms with Crippen molar-refractivity contribution in [1.29, 1.82) is 0 Å². The molecule has 0 saturated carbocycles. The van der Waals surface area contributed by atoms with Crippen LogP contribution in [0.2, 0.25) is 0 Å². The summed E-state index contributed by atoms with van der Waals surface area (Å²) < 4.78 is 0. The second-order valence-corrected chi connectivity index (χ2v) is 9.14. The van der Waals surface area contributed by atoms with Gasteiger partial charge in [-0.25, -0.2) is 0 Å². The van der Waals surface area contributed by atoms with Gasteiger partial charge in [0.15, 0.2) is 0 Å². The number of nitrogens with zero attached hydrogens (tertiary/aromatic N) is 1. The molecule has 2 amide bonds. The monoisotopic (exact) mass is 433 g/mol. The molecular formula is C25H27N3O2S. The summed E-state index contributed by atoms with van der Waals surface area (Å²) in [6, 6.07) is 18.0. The van der Waals surface area contributed by atoms with E-state index in [-0.39, 0.29) is 17.9 Å². The van der Waals surface area contributed by atoms with Crippen molar-refractivity contribution in [2.24, 2.45) is 0 Å². The van der Waals surface area contributed by atoms with Gasteiger partial charge in [0, 0.05) is 35.4 Å². The van der Waals surface area contributed by atoms with Gasteiger partial charge in [-0.15, -0.1) is 11.3 Å². The summed E-state index contributed by atoms with van der Waals surface area (Å²) in [4.78, 5) is 28.7. The van der Waals surface area contributed by atoms with E-state index in [2.05, 4.69) is 39.8 Å². The number of fused-ring (bicyclic) bond motifs is 1. The maximum atomic E-state index is 13.0. The Balaban J connectivity index is 1.59. The van der Waals surface area contributed by atoms with E-state index in [0.717, 1.165) is 30.1 Å². The predicted octanol–water partition coefficient (Wildman–Crippen LogP) is 4.63. The number of carbonyl (C=O) groups is 2.